The first-order valence-electron chi connectivity index (χ1n) is 7.84. The fraction of sp³-hybridized carbons (Fsp3) is 0.250. The number of benzene rings is 2. The van der Waals surface area contributed by atoms with Crippen molar-refractivity contribution in [1.29, 1.82) is 0 Å². The van der Waals surface area contributed by atoms with Crippen LogP contribution in [0.2, 0.25) is 0 Å². The molecule has 2 rings (SSSR count). The summed E-state index contributed by atoms with van der Waals surface area (Å²) in [5, 5.41) is 39.1. The lowest BCUT2D eigenvalue weighted by Gasteiger charge is -2.11. The van der Waals surface area contributed by atoms with Crippen molar-refractivity contribution in [2.24, 2.45) is 0 Å². The number of rotatable bonds is 7. The van der Waals surface area contributed by atoms with Gasteiger partial charge >= 0.3 is 0 Å². The maximum atomic E-state index is 10.2. The number of hydrogen-bond donors (Lipinski definition) is 4. The second kappa shape index (κ2) is 9.06. The van der Waals surface area contributed by atoms with Crippen LogP contribution >= 0.6 is 0 Å². The number of phenolic OH excluding ortho intramolecular Hbond substituents is 1. The molecule has 0 spiro atoms. The molecule has 0 bridgehead atoms. The number of aromatic hydroxyl groups is 1. The molecule has 0 aliphatic heterocycles. The maximum absolute atomic E-state index is 10.2. The summed E-state index contributed by atoms with van der Waals surface area (Å²) in [6.45, 7) is -0.206. The fourth-order valence-electron chi connectivity index (χ4n) is 2.38. The average Bonchev–Trinajstić information content (AvgIpc) is 2.61. The van der Waals surface area contributed by atoms with Crippen molar-refractivity contribution in [3.8, 4) is 5.75 Å². The Morgan fingerprint density at radius 2 is 1.67 bits per heavy atom. The SMILES string of the molecule is OCC(=C=CC[C@@H](O)c1cccc(O)c1)C[C@@H](O)c1ccccc1. The fourth-order valence-corrected chi connectivity index (χ4v) is 2.38. The summed E-state index contributed by atoms with van der Waals surface area (Å²) in [6, 6.07) is 15.7. The van der Waals surface area contributed by atoms with Crippen molar-refractivity contribution in [3.63, 3.8) is 0 Å². The van der Waals surface area contributed by atoms with Gasteiger partial charge in [-0.15, -0.1) is 5.73 Å². The Morgan fingerprint density at radius 3 is 2.33 bits per heavy atom. The van der Waals surface area contributed by atoms with Crippen LogP contribution in [0.25, 0.3) is 0 Å². The van der Waals surface area contributed by atoms with Crippen molar-refractivity contribution >= 4 is 0 Å². The van der Waals surface area contributed by atoms with Gasteiger partial charge in [0.1, 0.15) is 5.75 Å². The molecular weight excluding hydrogens is 304 g/mol. The van der Waals surface area contributed by atoms with Gasteiger partial charge < -0.3 is 20.4 Å². The molecule has 0 saturated heterocycles. The van der Waals surface area contributed by atoms with Crippen LogP contribution in [0, 0.1) is 0 Å². The van der Waals surface area contributed by atoms with Crippen LogP contribution < -0.4 is 0 Å². The van der Waals surface area contributed by atoms with Crippen LogP contribution in [-0.4, -0.2) is 27.0 Å². The minimum atomic E-state index is -0.761. The number of aliphatic hydroxyl groups excluding tert-OH is 3. The van der Waals surface area contributed by atoms with Crippen LogP contribution in [0.1, 0.15) is 36.2 Å². The minimum absolute atomic E-state index is 0.105. The Bertz CT molecular complexity index is 703. The molecule has 2 atom stereocenters. The maximum Gasteiger partial charge on any atom is 0.115 e. The average molecular weight is 326 g/mol. The standard InChI is InChI=1S/C20H22O4/c21-14-15(12-20(24)16-7-2-1-3-8-16)6-4-11-19(23)17-9-5-10-18(22)13-17/h1-5,7-10,13,19-24H,11-12,14H2/t6?,19-,20-/m1/s1. The van der Waals surface area contributed by atoms with Crippen molar-refractivity contribution in [2.75, 3.05) is 6.61 Å². The van der Waals surface area contributed by atoms with Crippen LogP contribution in [0.15, 0.2) is 72.0 Å². The van der Waals surface area contributed by atoms with E-state index in [1.165, 1.54) is 6.07 Å². The quantitative estimate of drug-likeness (QED) is 0.590. The van der Waals surface area contributed by atoms with Gasteiger partial charge in [0.2, 0.25) is 0 Å². The molecule has 2 aromatic rings. The largest absolute Gasteiger partial charge is 0.508 e. The van der Waals surface area contributed by atoms with E-state index in [-0.39, 0.29) is 18.8 Å². The summed E-state index contributed by atoms with van der Waals surface area (Å²) in [7, 11) is 0. The molecule has 24 heavy (non-hydrogen) atoms. The molecule has 0 heterocycles. The van der Waals surface area contributed by atoms with Gasteiger partial charge in [-0.2, -0.15) is 0 Å². The third-order valence-electron chi connectivity index (χ3n) is 3.72. The van der Waals surface area contributed by atoms with Gasteiger partial charge in [0.15, 0.2) is 0 Å². The van der Waals surface area contributed by atoms with Crippen molar-refractivity contribution < 1.29 is 20.4 Å². The van der Waals surface area contributed by atoms with Gasteiger partial charge in [-0.05, 0) is 34.9 Å². The van der Waals surface area contributed by atoms with Gasteiger partial charge in [-0.1, -0.05) is 42.5 Å². The molecule has 0 saturated carbocycles. The van der Waals surface area contributed by atoms with E-state index in [0.717, 1.165) is 5.56 Å². The summed E-state index contributed by atoms with van der Waals surface area (Å²) in [4.78, 5) is 0. The molecule has 126 valence electrons. The predicted molar refractivity (Wildman–Crippen MR) is 92.4 cm³/mol. The van der Waals surface area contributed by atoms with E-state index in [9.17, 15) is 20.4 Å². The summed E-state index contributed by atoms with van der Waals surface area (Å²) < 4.78 is 0. The Labute approximate surface area is 141 Å². The van der Waals surface area contributed by atoms with E-state index in [4.69, 9.17) is 0 Å². The predicted octanol–water partition coefficient (Wildman–Crippen LogP) is 3.01. The first kappa shape index (κ1) is 18.0. The van der Waals surface area contributed by atoms with Crippen LogP contribution in [0.5, 0.6) is 5.75 Å². The lowest BCUT2D eigenvalue weighted by atomic mass is 10.0. The van der Waals surface area contributed by atoms with E-state index in [2.05, 4.69) is 5.73 Å². The summed E-state index contributed by atoms with van der Waals surface area (Å²) >= 11 is 0. The van der Waals surface area contributed by atoms with Crippen molar-refractivity contribution in [1.82, 2.24) is 0 Å². The van der Waals surface area contributed by atoms with E-state index < -0.39 is 12.2 Å². The highest BCUT2D eigenvalue weighted by atomic mass is 16.3. The Morgan fingerprint density at radius 1 is 0.958 bits per heavy atom. The molecule has 4 nitrogen and oxygen atoms in total. The van der Waals surface area contributed by atoms with Gasteiger partial charge in [0.25, 0.3) is 0 Å². The molecule has 0 aliphatic carbocycles. The molecule has 0 aliphatic rings. The van der Waals surface area contributed by atoms with Crippen molar-refractivity contribution in [3.05, 3.63) is 83.1 Å². The smallest absolute Gasteiger partial charge is 0.115 e. The first-order valence-corrected chi connectivity index (χ1v) is 7.84. The minimum Gasteiger partial charge on any atom is -0.508 e. The molecule has 4 heteroatoms. The van der Waals surface area contributed by atoms with E-state index in [1.54, 1.807) is 24.3 Å². The topological polar surface area (TPSA) is 80.9 Å². The zero-order chi connectivity index (χ0) is 17.4. The normalized spacial score (nSPS) is 13.0. The Kier molecular flexibility index (Phi) is 6.79. The highest BCUT2D eigenvalue weighted by Crippen LogP contribution is 2.22. The summed E-state index contributed by atoms with van der Waals surface area (Å²) in [5.74, 6) is 0.105. The second-order valence-electron chi connectivity index (χ2n) is 5.59. The van der Waals surface area contributed by atoms with Gasteiger partial charge in [-0.3, -0.25) is 0 Å². The number of aliphatic hydroxyl groups is 3. The van der Waals surface area contributed by atoms with Gasteiger partial charge in [0, 0.05) is 12.8 Å². The number of hydrogen-bond acceptors (Lipinski definition) is 4. The van der Waals surface area contributed by atoms with E-state index >= 15 is 0 Å². The molecule has 0 amide bonds. The molecule has 0 fully saturated rings. The third-order valence-corrected chi connectivity index (χ3v) is 3.72. The summed E-state index contributed by atoms with van der Waals surface area (Å²) in [6.07, 6.45) is 0.750. The summed E-state index contributed by atoms with van der Waals surface area (Å²) in [5.41, 5.74) is 4.91. The van der Waals surface area contributed by atoms with Crippen LogP contribution in [0.4, 0.5) is 0 Å². The monoisotopic (exact) mass is 326 g/mol. The van der Waals surface area contributed by atoms with Gasteiger partial charge in [-0.25, -0.2) is 0 Å². The molecule has 0 radical (unpaired) electrons. The lowest BCUT2D eigenvalue weighted by Crippen LogP contribution is -2.01. The molecule has 4 N–H and O–H groups in total. The highest BCUT2D eigenvalue weighted by molar-refractivity contribution is 5.29. The highest BCUT2D eigenvalue weighted by Gasteiger charge is 2.09. The first-order chi connectivity index (χ1) is 11.6. The van der Waals surface area contributed by atoms with Gasteiger partial charge in [0.05, 0.1) is 18.8 Å². The zero-order valence-electron chi connectivity index (χ0n) is 13.3. The molecule has 0 aromatic heterocycles. The third kappa shape index (κ3) is 5.37. The van der Waals surface area contributed by atoms with E-state index in [0.29, 0.717) is 17.6 Å². The van der Waals surface area contributed by atoms with Crippen molar-refractivity contribution in [2.45, 2.75) is 25.0 Å². The number of phenols is 1. The lowest BCUT2D eigenvalue weighted by molar-refractivity contribution is 0.172. The van der Waals surface area contributed by atoms with Crippen LogP contribution in [0.3, 0.4) is 0 Å². The van der Waals surface area contributed by atoms with Crippen LogP contribution in [-0.2, 0) is 0 Å². The Balaban J connectivity index is 2.00. The zero-order valence-corrected chi connectivity index (χ0v) is 13.3. The molecular formula is C20H22O4. The Hall–Kier alpha value is -2.36. The molecule has 2 aromatic carbocycles. The van der Waals surface area contributed by atoms with E-state index in [1.807, 2.05) is 30.3 Å². The molecule has 0 unspecified atom stereocenters. The second-order valence-corrected chi connectivity index (χ2v) is 5.59.